The number of benzene rings is 3. The minimum absolute atomic E-state index is 0.0433. The van der Waals surface area contributed by atoms with E-state index < -0.39 is 15.9 Å². The molecule has 29 heavy (non-hydrogen) atoms. The highest BCUT2D eigenvalue weighted by Gasteiger charge is 2.33. The van der Waals surface area contributed by atoms with E-state index in [1.807, 2.05) is 26.0 Å². The van der Waals surface area contributed by atoms with E-state index in [9.17, 15) is 13.2 Å². The van der Waals surface area contributed by atoms with Gasteiger partial charge in [0.2, 0.25) is 0 Å². The second kappa shape index (κ2) is 8.92. The van der Waals surface area contributed by atoms with Gasteiger partial charge in [0, 0.05) is 0 Å². The topological polar surface area (TPSA) is 63.7 Å². The van der Waals surface area contributed by atoms with Gasteiger partial charge in [0.05, 0.1) is 22.8 Å². The van der Waals surface area contributed by atoms with Gasteiger partial charge in [-0.05, 0) is 55.3 Å². The number of ether oxygens (including phenoxy) is 1. The van der Waals surface area contributed by atoms with E-state index in [1.165, 1.54) is 12.1 Å². The zero-order valence-electron chi connectivity index (χ0n) is 16.4. The molecule has 0 aliphatic heterocycles. The van der Waals surface area contributed by atoms with Crippen molar-refractivity contribution in [3.05, 3.63) is 90.0 Å². The highest BCUT2D eigenvalue weighted by molar-refractivity contribution is 7.93. The number of hydrogen-bond acceptors (Lipinski definition) is 4. The fourth-order valence-electron chi connectivity index (χ4n) is 2.96. The van der Waals surface area contributed by atoms with Crippen LogP contribution in [0.1, 0.15) is 29.8 Å². The second-order valence-corrected chi connectivity index (χ2v) is 8.12. The smallest absolute Gasteiger partial charge is 0.276 e. The summed E-state index contributed by atoms with van der Waals surface area (Å²) in [4.78, 5) is 13.5. The Bertz CT molecular complexity index is 1080. The van der Waals surface area contributed by atoms with Crippen LogP contribution in [-0.4, -0.2) is 20.9 Å². The first kappa shape index (κ1) is 20.6. The van der Waals surface area contributed by atoms with Crippen LogP contribution in [0.5, 0.6) is 5.75 Å². The summed E-state index contributed by atoms with van der Waals surface area (Å²) in [6.07, 6.45) is 0.812. The predicted octanol–water partition coefficient (Wildman–Crippen LogP) is 4.68. The van der Waals surface area contributed by atoms with Crippen molar-refractivity contribution in [2.24, 2.45) is 0 Å². The third-order valence-electron chi connectivity index (χ3n) is 4.46. The van der Waals surface area contributed by atoms with Crippen molar-refractivity contribution in [3.63, 3.8) is 0 Å². The van der Waals surface area contributed by atoms with Crippen LogP contribution in [0.15, 0.2) is 83.8 Å². The van der Waals surface area contributed by atoms with Crippen molar-refractivity contribution in [2.75, 3.05) is 10.9 Å². The van der Waals surface area contributed by atoms with Crippen molar-refractivity contribution in [1.82, 2.24) is 0 Å². The van der Waals surface area contributed by atoms with Crippen LogP contribution in [0.25, 0.3) is 0 Å². The SMILES string of the molecule is CCOc1ccccc1C(=O)N(c1ccc(CC)cc1)S(=O)(=O)c1ccccc1. The summed E-state index contributed by atoms with van der Waals surface area (Å²) in [5, 5.41) is 0. The Kier molecular flexibility index (Phi) is 6.34. The van der Waals surface area contributed by atoms with Gasteiger partial charge in [-0.25, -0.2) is 8.42 Å². The highest BCUT2D eigenvalue weighted by Crippen LogP contribution is 2.29. The summed E-state index contributed by atoms with van der Waals surface area (Å²) >= 11 is 0. The molecule has 3 rings (SSSR count). The lowest BCUT2D eigenvalue weighted by Crippen LogP contribution is -2.37. The van der Waals surface area contributed by atoms with E-state index in [0.717, 1.165) is 16.3 Å². The summed E-state index contributed by atoms with van der Waals surface area (Å²) in [6, 6.07) is 21.5. The molecule has 6 heteroatoms. The molecule has 0 unspecified atom stereocenters. The normalized spacial score (nSPS) is 11.1. The molecule has 3 aromatic rings. The Morgan fingerprint density at radius 2 is 1.48 bits per heavy atom. The third kappa shape index (κ3) is 4.32. The van der Waals surface area contributed by atoms with Crippen LogP contribution in [0.3, 0.4) is 0 Å². The number of hydrogen-bond donors (Lipinski definition) is 0. The maximum Gasteiger partial charge on any atom is 0.276 e. The molecule has 0 spiro atoms. The van der Waals surface area contributed by atoms with E-state index in [1.54, 1.807) is 54.6 Å². The summed E-state index contributed by atoms with van der Waals surface area (Å²) in [5.41, 5.74) is 1.52. The Morgan fingerprint density at radius 3 is 2.10 bits per heavy atom. The predicted molar refractivity (Wildman–Crippen MR) is 114 cm³/mol. The van der Waals surface area contributed by atoms with E-state index in [2.05, 4.69) is 0 Å². The first-order chi connectivity index (χ1) is 14.0. The Hall–Kier alpha value is -3.12. The summed E-state index contributed by atoms with van der Waals surface area (Å²) in [7, 11) is -4.12. The zero-order valence-corrected chi connectivity index (χ0v) is 17.2. The molecule has 5 nitrogen and oxygen atoms in total. The van der Waals surface area contributed by atoms with Crippen molar-refractivity contribution >= 4 is 21.6 Å². The number of nitrogens with zero attached hydrogens (tertiary/aromatic N) is 1. The fraction of sp³-hybridized carbons (Fsp3) is 0.174. The molecule has 0 fully saturated rings. The Labute approximate surface area is 171 Å². The Morgan fingerprint density at radius 1 is 0.862 bits per heavy atom. The van der Waals surface area contributed by atoms with Crippen molar-refractivity contribution < 1.29 is 17.9 Å². The van der Waals surface area contributed by atoms with E-state index in [4.69, 9.17) is 4.74 Å². The van der Waals surface area contributed by atoms with Crippen LogP contribution in [0, 0.1) is 0 Å². The lowest BCUT2D eigenvalue weighted by molar-refractivity contribution is 0.100. The molecular weight excluding hydrogens is 386 g/mol. The number of para-hydroxylation sites is 1. The van der Waals surface area contributed by atoms with Gasteiger partial charge in [0.25, 0.3) is 15.9 Å². The minimum Gasteiger partial charge on any atom is -0.493 e. The number of carbonyl (C=O) groups excluding carboxylic acids is 1. The number of aryl methyl sites for hydroxylation is 1. The van der Waals surface area contributed by atoms with E-state index in [0.29, 0.717) is 12.4 Å². The third-order valence-corrected chi connectivity index (χ3v) is 6.19. The van der Waals surface area contributed by atoms with Crippen LogP contribution in [0.4, 0.5) is 5.69 Å². The molecule has 0 heterocycles. The van der Waals surface area contributed by atoms with E-state index in [-0.39, 0.29) is 16.1 Å². The first-order valence-corrected chi connectivity index (χ1v) is 10.9. The van der Waals surface area contributed by atoms with Crippen LogP contribution in [-0.2, 0) is 16.4 Å². The van der Waals surface area contributed by atoms with Crippen LogP contribution in [0.2, 0.25) is 0 Å². The summed E-state index contributed by atoms with van der Waals surface area (Å²) < 4.78 is 33.3. The molecule has 3 aromatic carbocycles. The van der Waals surface area contributed by atoms with Gasteiger partial charge in [-0.3, -0.25) is 4.79 Å². The number of rotatable bonds is 7. The second-order valence-electron chi connectivity index (χ2n) is 6.34. The molecule has 1 amide bonds. The number of anilines is 1. The summed E-state index contributed by atoms with van der Waals surface area (Å²) in [5.74, 6) is -0.319. The number of amides is 1. The average molecular weight is 410 g/mol. The largest absolute Gasteiger partial charge is 0.493 e. The molecular formula is C23H23NO4S. The number of sulfonamides is 1. The van der Waals surface area contributed by atoms with E-state index >= 15 is 0 Å². The quantitative estimate of drug-likeness (QED) is 0.568. The lowest BCUT2D eigenvalue weighted by atomic mass is 10.1. The maximum atomic E-state index is 13.5. The summed E-state index contributed by atoms with van der Waals surface area (Å²) in [6.45, 7) is 4.18. The molecule has 0 aromatic heterocycles. The molecule has 0 atom stereocenters. The lowest BCUT2D eigenvalue weighted by Gasteiger charge is -2.24. The van der Waals surface area contributed by atoms with Crippen molar-refractivity contribution in [1.29, 1.82) is 0 Å². The molecule has 150 valence electrons. The van der Waals surface area contributed by atoms with Gasteiger partial charge in [-0.1, -0.05) is 49.4 Å². The van der Waals surface area contributed by atoms with Gasteiger partial charge in [-0.2, -0.15) is 4.31 Å². The molecule has 0 radical (unpaired) electrons. The van der Waals surface area contributed by atoms with Gasteiger partial charge in [0.1, 0.15) is 5.75 Å². The van der Waals surface area contributed by atoms with Gasteiger partial charge in [0.15, 0.2) is 0 Å². The van der Waals surface area contributed by atoms with Crippen LogP contribution >= 0.6 is 0 Å². The molecule has 0 bridgehead atoms. The molecule has 0 saturated heterocycles. The van der Waals surface area contributed by atoms with Crippen molar-refractivity contribution in [3.8, 4) is 5.75 Å². The monoisotopic (exact) mass is 409 g/mol. The fourth-order valence-corrected chi connectivity index (χ4v) is 4.39. The van der Waals surface area contributed by atoms with Gasteiger partial charge < -0.3 is 4.74 Å². The van der Waals surface area contributed by atoms with Crippen LogP contribution < -0.4 is 9.04 Å². The zero-order chi connectivity index (χ0) is 20.9. The Balaban J connectivity index is 2.16. The average Bonchev–Trinajstić information content (AvgIpc) is 2.75. The standard InChI is InChI=1S/C23H23NO4S/c1-3-18-14-16-19(17-15-18)24(29(26,27)20-10-6-5-7-11-20)23(25)21-12-8-9-13-22(21)28-4-2/h5-17H,3-4H2,1-2H3. The molecule has 0 N–H and O–H groups in total. The number of carbonyl (C=O) groups is 1. The first-order valence-electron chi connectivity index (χ1n) is 9.44. The minimum atomic E-state index is -4.12. The highest BCUT2D eigenvalue weighted by atomic mass is 32.2. The van der Waals surface area contributed by atoms with Gasteiger partial charge >= 0.3 is 0 Å². The molecule has 0 aliphatic carbocycles. The maximum absolute atomic E-state index is 13.5. The van der Waals surface area contributed by atoms with Crippen molar-refractivity contribution in [2.45, 2.75) is 25.2 Å². The van der Waals surface area contributed by atoms with Gasteiger partial charge in [-0.15, -0.1) is 0 Å². The molecule has 0 saturated carbocycles. The molecule has 0 aliphatic rings.